The van der Waals surface area contributed by atoms with Crippen LogP contribution in [-0.4, -0.2) is 18.0 Å². The van der Waals surface area contributed by atoms with Gasteiger partial charge in [0.05, 0.1) is 5.71 Å². The Hall–Kier alpha value is -2.17. The second kappa shape index (κ2) is 3.66. The van der Waals surface area contributed by atoms with Gasteiger partial charge < -0.3 is 5.32 Å². The number of amides is 2. The van der Waals surface area contributed by atoms with Crippen LogP contribution in [0.3, 0.4) is 0 Å². The fraction of sp³-hybridized carbons (Fsp3) is 0.308. The van der Waals surface area contributed by atoms with Gasteiger partial charge in [0.25, 0.3) is 0 Å². The van der Waals surface area contributed by atoms with Crippen LogP contribution in [0.1, 0.15) is 24.5 Å². The number of rotatable bonds is 2. The fourth-order valence-electron chi connectivity index (χ4n) is 2.81. The van der Waals surface area contributed by atoms with Crippen molar-refractivity contribution in [2.45, 2.75) is 19.8 Å². The Morgan fingerprint density at radius 3 is 3.06 bits per heavy atom. The molecule has 0 saturated heterocycles. The molecule has 0 aromatic heterocycles. The summed E-state index contributed by atoms with van der Waals surface area (Å²) in [6.07, 6.45) is 1.90. The molecule has 2 aliphatic rings. The Balaban J connectivity index is 2.05. The zero-order valence-corrected chi connectivity index (χ0v) is 9.99. The predicted molar refractivity (Wildman–Crippen MR) is 67.2 cm³/mol. The van der Waals surface area contributed by atoms with E-state index in [-0.39, 0.29) is 11.3 Å². The first-order valence-corrected chi connectivity index (χ1v) is 5.83. The lowest BCUT2D eigenvalue weighted by Crippen LogP contribution is -2.38. The van der Waals surface area contributed by atoms with E-state index in [1.165, 1.54) is 0 Å². The lowest BCUT2D eigenvalue weighted by atomic mass is 9.81. The van der Waals surface area contributed by atoms with Gasteiger partial charge in [-0.25, -0.2) is 5.43 Å². The van der Waals surface area contributed by atoms with Crippen molar-refractivity contribution in [3.8, 4) is 0 Å². The Morgan fingerprint density at radius 1 is 1.44 bits per heavy atom. The number of anilines is 1. The first kappa shape index (κ1) is 11.0. The van der Waals surface area contributed by atoms with Crippen molar-refractivity contribution in [3.63, 3.8) is 0 Å². The van der Waals surface area contributed by atoms with E-state index in [4.69, 9.17) is 0 Å². The van der Waals surface area contributed by atoms with Crippen LogP contribution in [-0.2, 0) is 16.0 Å². The van der Waals surface area contributed by atoms with Gasteiger partial charge in [-0.2, -0.15) is 5.10 Å². The highest BCUT2D eigenvalue weighted by Gasteiger charge is 2.43. The van der Waals surface area contributed by atoms with Gasteiger partial charge in [-0.15, -0.1) is 0 Å². The van der Waals surface area contributed by atoms with Crippen LogP contribution in [0.5, 0.6) is 0 Å². The van der Waals surface area contributed by atoms with Gasteiger partial charge in [0.15, 0.2) is 0 Å². The average molecular weight is 243 g/mol. The summed E-state index contributed by atoms with van der Waals surface area (Å²) in [7, 11) is 0. The molecule has 1 heterocycles. The number of benzene rings is 1. The van der Waals surface area contributed by atoms with Gasteiger partial charge in [-0.3, -0.25) is 9.59 Å². The second-order valence-electron chi connectivity index (χ2n) is 5.04. The fourth-order valence-corrected chi connectivity index (χ4v) is 2.81. The average Bonchev–Trinajstić information content (AvgIpc) is 2.59. The van der Waals surface area contributed by atoms with E-state index in [9.17, 15) is 9.59 Å². The molecule has 0 radical (unpaired) electrons. The van der Waals surface area contributed by atoms with Gasteiger partial charge >= 0.3 is 0 Å². The van der Waals surface area contributed by atoms with Gasteiger partial charge in [0, 0.05) is 23.1 Å². The molecule has 2 amide bonds. The summed E-state index contributed by atoms with van der Waals surface area (Å²) in [4.78, 5) is 21.9. The molecule has 92 valence electrons. The Bertz CT molecular complexity index is 580. The van der Waals surface area contributed by atoms with Gasteiger partial charge in [0.2, 0.25) is 12.3 Å². The first-order chi connectivity index (χ1) is 8.62. The summed E-state index contributed by atoms with van der Waals surface area (Å²) in [6, 6.07) is 5.74. The van der Waals surface area contributed by atoms with Crippen LogP contribution in [0, 0.1) is 5.41 Å². The quantitative estimate of drug-likeness (QED) is 0.762. The third kappa shape index (κ3) is 1.51. The number of carbonyl (C=O) groups is 2. The highest BCUT2D eigenvalue weighted by Crippen LogP contribution is 2.41. The van der Waals surface area contributed by atoms with Crippen LogP contribution in [0.4, 0.5) is 5.69 Å². The molecule has 1 aromatic rings. The lowest BCUT2D eigenvalue weighted by Gasteiger charge is -2.27. The van der Waals surface area contributed by atoms with Crippen LogP contribution >= 0.6 is 0 Å². The van der Waals surface area contributed by atoms with Crippen molar-refractivity contribution in [1.29, 1.82) is 0 Å². The van der Waals surface area contributed by atoms with Gasteiger partial charge in [-0.1, -0.05) is 13.0 Å². The van der Waals surface area contributed by atoms with Crippen LogP contribution in [0.2, 0.25) is 0 Å². The molecule has 1 aliphatic heterocycles. The molecule has 0 fully saturated rings. The molecule has 5 heteroatoms. The number of hydrazone groups is 1. The highest BCUT2D eigenvalue weighted by molar-refractivity contribution is 6.12. The van der Waals surface area contributed by atoms with E-state index in [1.807, 2.05) is 18.2 Å². The number of nitrogens with zero attached hydrogens (tertiary/aromatic N) is 1. The molecule has 18 heavy (non-hydrogen) atoms. The molecule has 1 aromatic carbocycles. The van der Waals surface area contributed by atoms with E-state index in [0.717, 1.165) is 28.9 Å². The zero-order chi connectivity index (χ0) is 12.8. The molecule has 1 aliphatic carbocycles. The highest BCUT2D eigenvalue weighted by atomic mass is 16.2. The monoisotopic (exact) mass is 243 g/mol. The smallest absolute Gasteiger partial charge is 0.241 e. The van der Waals surface area contributed by atoms with E-state index in [1.54, 1.807) is 0 Å². The summed E-state index contributed by atoms with van der Waals surface area (Å²) >= 11 is 0. The van der Waals surface area contributed by atoms with Gasteiger partial charge in [-0.05, 0) is 24.1 Å². The summed E-state index contributed by atoms with van der Waals surface area (Å²) in [6.45, 7) is 2.05. The summed E-state index contributed by atoms with van der Waals surface area (Å²) in [5.74, 6) is -0.0414. The molecule has 1 atom stereocenters. The number of carbonyl (C=O) groups excluding carboxylic acids is 2. The van der Waals surface area contributed by atoms with E-state index in [0.29, 0.717) is 12.8 Å². The Morgan fingerprint density at radius 2 is 2.28 bits per heavy atom. The van der Waals surface area contributed by atoms with Crippen LogP contribution in [0.25, 0.3) is 0 Å². The zero-order valence-electron chi connectivity index (χ0n) is 9.99. The predicted octanol–water partition coefficient (Wildman–Crippen LogP) is 1.04. The maximum atomic E-state index is 11.5. The number of hydrogen-bond donors (Lipinski definition) is 2. The summed E-state index contributed by atoms with van der Waals surface area (Å²) in [5.41, 5.74) is 6.22. The van der Waals surface area contributed by atoms with Crippen molar-refractivity contribution >= 4 is 23.7 Å². The minimum absolute atomic E-state index is 0.0414. The minimum atomic E-state index is -0.218. The second-order valence-corrected chi connectivity index (χ2v) is 5.04. The number of hydrogen-bond acceptors (Lipinski definition) is 3. The molecule has 3 rings (SSSR count). The van der Waals surface area contributed by atoms with Crippen molar-refractivity contribution in [3.05, 3.63) is 29.3 Å². The molecular formula is C13H13N3O2. The third-order valence-electron chi connectivity index (χ3n) is 3.58. The largest absolute Gasteiger partial charge is 0.329 e. The Labute approximate surface area is 104 Å². The van der Waals surface area contributed by atoms with Crippen molar-refractivity contribution in [2.75, 3.05) is 5.32 Å². The molecular weight excluding hydrogens is 230 g/mol. The number of fused-ring (bicyclic) bond motifs is 3. The van der Waals surface area contributed by atoms with Gasteiger partial charge in [0.1, 0.15) is 0 Å². The van der Waals surface area contributed by atoms with E-state index in [2.05, 4.69) is 22.8 Å². The van der Waals surface area contributed by atoms with E-state index < -0.39 is 0 Å². The van der Waals surface area contributed by atoms with Crippen molar-refractivity contribution in [2.24, 2.45) is 10.5 Å². The maximum absolute atomic E-state index is 11.5. The number of nitrogens with one attached hydrogen (secondary N) is 2. The molecule has 1 unspecified atom stereocenters. The molecule has 2 N–H and O–H groups in total. The normalized spacial score (nSPS) is 24.7. The molecule has 0 bridgehead atoms. The summed E-state index contributed by atoms with van der Waals surface area (Å²) < 4.78 is 0. The summed E-state index contributed by atoms with van der Waals surface area (Å²) in [5, 5.41) is 6.83. The lowest BCUT2D eigenvalue weighted by molar-refractivity contribution is -0.123. The SMILES string of the molecule is CC12CC(=O)NN=C1c1ccc(NC=O)cc1C2. The topological polar surface area (TPSA) is 70.6 Å². The van der Waals surface area contributed by atoms with Crippen molar-refractivity contribution in [1.82, 2.24) is 5.43 Å². The molecule has 0 spiro atoms. The molecule has 5 nitrogen and oxygen atoms in total. The molecule has 0 saturated carbocycles. The van der Waals surface area contributed by atoms with E-state index >= 15 is 0 Å². The third-order valence-corrected chi connectivity index (χ3v) is 3.58. The van der Waals surface area contributed by atoms with Crippen molar-refractivity contribution < 1.29 is 9.59 Å². The van der Waals surface area contributed by atoms with Crippen LogP contribution < -0.4 is 10.7 Å². The Kier molecular flexibility index (Phi) is 2.23. The maximum Gasteiger partial charge on any atom is 0.241 e. The van der Waals surface area contributed by atoms with Crippen LogP contribution in [0.15, 0.2) is 23.3 Å². The standard InChI is InChI=1S/C13H13N3O2/c1-13-5-8-4-9(14-7-17)2-3-10(8)12(13)16-15-11(18)6-13/h2-4,7H,5-6H2,1H3,(H,14,17)(H,15,18). The minimum Gasteiger partial charge on any atom is -0.329 e. The first-order valence-electron chi connectivity index (χ1n) is 5.83.